The Bertz CT molecular complexity index is 328. The highest BCUT2D eigenvalue weighted by atomic mass is 15.2. The number of nitrogens with two attached hydrogens (primary N) is 1. The van der Waals surface area contributed by atoms with Crippen molar-refractivity contribution in [1.29, 1.82) is 0 Å². The van der Waals surface area contributed by atoms with Crippen LogP contribution in [0.4, 0.5) is 0 Å². The number of rotatable bonds is 4. The molecule has 1 aromatic heterocycles. The maximum Gasteiger partial charge on any atom is 0.0641 e. The van der Waals surface area contributed by atoms with E-state index < -0.39 is 0 Å². The molecule has 1 heterocycles. The lowest BCUT2D eigenvalue weighted by Gasteiger charge is -2.13. The molecule has 0 fully saturated rings. The zero-order valence-corrected chi connectivity index (χ0v) is 8.33. The van der Waals surface area contributed by atoms with Crippen LogP contribution in [0.1, 0.15) is 30.1 Å². The maximum absolute atomic E-state index is 5.44. The number of hydrazine groups is 1. The van der Waals surface area contributed by atoms with Crippen LogP contribution in [-0.4, -0.2) is 4.98 Å². The number of aromatic nitrogens is 1. The molecule has 74 valence electrons. The highest BCUT2D eigenvalue weighted by Crippen LogP contribution is 2.15. The van der Waals surface area contributed by atoms with Crippen molar-refractivity contribution in [3.8, 4) is 12.3 Å². The Balaban J connectivity index is 2.74. The van der Waals surface area contributed by atoms with Gasteiger partial charge in [-0.05, 0) is 31.0 Å². The van der Waals surface area contributed by atoms with Crippen molar-refractivity contribution in [2.45, 2.75) is 25.8 Å². The quantitative estimate of drug-likeness (QED) is 0.426. The van der Waals surface area contributed by atoms with E-state index in [0.29, 0.717) is 6.42 Å². The molecule has 0 aliphatic rings. The molecular formula is C11H15N3. The largest absolute Gasteiger partial charge is 0.271 e. The van der Waals surface area contributed by atoms with Gasteiger partial charge in [0.2, 0.25) is 0 Å². The number of aryl methyl sites for hydroxylation is 1. The van der Waals surface area contributed by atoms with Crippen molar-refractivity contribution in [2.75, 3.05) is 0 Å². The van der Waals surface area contributed by atoms with Gasteiger partial charge in [0.1, 0.15) is 0 Å². The summed E-state index contributed by atoms with van der Waals surface area (Å²) >= 11 is 0. The molecule has 0 aliphatic heterocycles. The first-order valence-corrected chi connectivity index (χ1v) is 4.60. The summed E-state index contributed by atoms with van der Waals surface area (Å²) < 4.78 is 0. The van der Waals surface area contributed by atoms with Gasteiger partial charge >= 0.3 is 0 Å². The first kappa shape index (κ1) is 10.7. The van der Waals surface area contributed by atoms with Crippen LogP contribution in [-0.2, 0) is 0 Å². The van der Waals surface area contributed by atoms with Crippen molar-refractivity contribution < 1.29 is 0 Å². The molecule has 1 aromatic rings. The molecule has 0 aromatic carbocycles. The van der Waals surface area contributed by atoms with Gasteiger partial charge in [-0.25, -0.2) is 0 Å². The van der Waals surface area contributed by atoms with E-state index in [1.54, 1.807) is 6.20 Å². The Labute approximate surface area is 84.7 Å². The molecule has 0 aliphatic carbocycles. The van der Waals surface area contributed by atoms with Gasteiger partial charge in [0.15, 0.2) is 0 Å². The molecule has 0 spiro atoms. The minimum Gasteiger partial charge on any atom is -0.271 e. The van der Waals surface area contributed by atoms with Gasteiger partial charge in [-0.1, -0.05) is 0 Å². The van der Waals surface area contributed by atoms with Crippen LogP contribution in [0.15, 0.2) is 18.3 Å². The van der Waals surface area contributed by atoms with Gasteiger partial charge in [0.05, 0.1) is 11.7 Å². The highest BCUT2D eigenvalue weighted by molar-refractivity contribution is 5.17. The summed E-state index contributed by atoms with van der Waals surface area (Å²) in [6.07, 6.45) is 8.49. The lowest BCUT2D eigenvalue weighted by molar-refractivity contribution is 0.511. The molecule has 0 saturated heterocycles. The van der Waals surface area contributed by atoms with Gasteiger partial charge in [0.25, 0.3) is 0 Å². The molecule has 1 atom stereocenters. The molecule has 3 nitrogen and oxygen atoms in total. The summed E-state index contributed by atoms with van der Waals surface area (Å²) in [6.45, 7) is 2.03. The van der Waals surface area contributed by atoms with Crippen molar-refractivity contribution in [2.24, 2.45) is 5.84 Å². The zero-order chi connectivity index (χ0) is 10.4. The normalized spacial score (nSPS) is 12.1. The number of pyridine rings is 1. The molecule has 1 rings (SSSR count). The minimum atomic E-state index is 0.0472. The Morgan fingerprint density at radius 2 is 2.50 bits per heavy atom. The van der Waals surface area contributed by atoms with Crippen LogP contribution in [0.5, 0.6) is 0 Å². The smallest absolute Gasteiger partial charge is 0.0641 e. The summed E-state index contributed by atoms with van der Waals surface area (Å²) in [6, 6.07) is 4.02. The van der Waals surface area contributed by atoms with Crippen LogP contribution < -0.4 is 11.3 Å². The Morgan fingerprint density at radius 3 is 3.07 bits per heavy atom. The third-order valence-corrected chi connectivity index (χ3v) is 2.07. The Kier molecular flexibility index (Phi) is 4.11. The third kappa shape index (κ3) is 2.84. The van der Waals surface area contributed by atoms with E-state index in [0.717, 1.165) is 12.1 Å². The van der Waals surface area contributed by atoms with E-state index in [9.17, 15) is 0 Å². The number of hydrogen-bond acceptors (Lipinski definition) is 3. The van der Waals surface area contributed by atoms with Gasteiger partial charge in [-0.15, -0.1) is 12.3 Å². The molecule has 0 amide bonds. The maximum atomic E-state index is 5.44. The van der Waals surface area contributed by atoms with Gasteiger partial charge < -0.3 is 0 Å². The summed E-state index contributed by atoms with van der Waals surface area (Å²) in [4.78, 5) is 4.25. The Morgan fingerprint density at radius 1 is 1.71 bits per heavy atom. The van der Waals surface area contributed by atoms with Crippen LogP contribution in [0, 0.1) is 19.3 Å². The monoisotopic (exact) mass is 189 g/mol. The third-order valence-electron chi connectivity index (χ3n) is 2.07. The molecular weight excluding hydrogens is 174 g/mol. The lowest BCUT2D eigenvalue weighted by Crippen LogP contribution is -2.28. The van der Waals surface area contributed by atoms with E-state index in [-0.39, 0.29) is 6.04 Å². The minimum absolute atomic E-state index is 0.0472. The summed E-state index contributed by atoms with van der Waals surface area (Å²) in [7, 11) is 0. The summed E-state index contributed by atoms with van der Waals surface area (Å²) in [5, 5.41) is 0. The van der Waals surface area contributed by atoms with Gasteiger partial charge in [-0.3, -0.25) is 16.3 Å². The van der Waals surface area contributed by atoms with E-state index in [1.807, 2.05) is 19.1 Å². The predicted octanol–water partition coefficient (Wildman–Crippen LogP) is 1.31. The summed E-state index contributed by atoms with van der Waals surface area (Å²) in [5.74, 6) is 8.03. The fourth-order valence-electron chi connectivity index (χ4n) is 1.29. The van der Waals surface area contributed by atoms with Crippen LogP contribution in [0.2, 0.25) is 0 Å². The van der Waals surface area contributed by atoms with Crippen molar-refractivity contribution in [3.05, 3.63) is 29.6 Å². The lowest BCUT2D eigenvalue weighted by atomic mass is 10.1. The highest BCUT2D eigenvalue weighted by Gasteiger charge is 2.09. The number of nitrogens with zero attached hydrogens (tertiary/aromatic N) is 1. The van der Waals surface area contributed by atoms with E-state index >= 15 is 0 Å². The molecule has 0 saturated carbocycles. The first-order valence-electron chi connectivity index (χ1n) is 4.60. The fourth-order valence-corrected chi connectivity index (χ4v) is 1.29. The second kappa shape index (κ2) is 5.38. The number of nitrogens with one attached hydrogen (secondary N) is 1. The van der Waals surface area contributed by atoms with Crippen LogP contribution >= 0.6 is 0 Å². The van der Waals surface area contributed by atoms with Crippen LogP contribution in [0.3, 0.4) is 0 Å². The van der Waals surface area contributed by atoms with E-state index in [4.69, 9.17) is 12.3 Å². The van der Waals surface area contributed by atoms with Gasteiger partial charge in [0, 0.05) is 12.6 Å². The average molecular weight is 189 g/mol. The summed E-state index contributed by atoms with van der Waals surface area (Å²) in [5.41, 5.74) is 4.85. The zero-order valence-electron chi connectivity index (χ0n) is 8.33. The van der Waals surface area contributed by atoms with Crippen molar-refractivity contribution >= 4 is 0 Å². The van der Waals surface area contributed by atoms with Gasteiger partial charge in [-0.2, -0.15) is 0 Å². The second-order valence-electron chi connectivity index (χ2n) is 3.22. The molecule has 3 heteroatoms. The van der Waals surface area contributed by atoms with Crippen molar-refractivity contribution in [3.63, 3.8) is 0 Å². The molecule has 14 heavy (non-hydrogen) atoms. The molecule has 1 unspecified atom stereocenters. The predicted molar refractivity (Wildman–Crippen MR) is 57.1 cm³/mol. The SMILES string of the molecule is C#CCCC(NN)c1cc(C)ccn1. The molecule has 0 radical (unpaired) electrons. The molecule has 0 bridgehead atoms. The number of hydrogen-bond donors (Lipinski definition) is 2. The number of terminal acetylenes is 1. The second-order valence-corrected chi connectivity index (χ2v) is 3.22. The standard InChI is InChI=1S/C11H15N3/c1-3-4-5-10(14-12)11-8-9(2)6-7-13-11/h1,6-8,10,14H,4-5,12H2,2H3. The average Bonchev–Trinajstić information content (AvgIpc) is 2.19. The molecule has 3 N–H and O–H groups in total. The van der Waals surface area contributed by atoms with E-state index in [1.165, 1.54) is 5.56 Å². The fraction of sp³-hybridized carbons (Fsp3) is 0.364. The first-order chi connectivity index (χ1) is 6.77. The van der Waals surface area contributed by atoms with E-state index in [2.05, 4.69) is 16.3 Å². The Hall–Kier alpha value is -1.37. The van der Waals surface area contributed by atoms with Crippen molar-refractivity contribution in [1.82, 2.24) is 10.4 Å². The topological polar surface area (TPSA) is 50.9 Å². The van der Waals surface area contributed by atoms with Crippen LogP contribution in [0.25, 0.3) is 0 Å².